The molecule has 2 heterocycles. The van der Waals surface area contributed by atoms with Gasteiger partial charge < -0.3 is 9.32 Å². The maximum absolute atomic E-state index is 12.3. The van der Waals surface area contributed by atoms with Gasteiger partial charge in [-0.1, -0.05) is 0 Å². The van der Waals surface area contributed by atoms with Crippen LogP contribution < -0.4 is 0 Å². The zero-order chi connectivity index (χ0) is 14.8. The van der Waals surface area contributed by atoms with Crippen molar-refractivity contribution in [3.8, 4) is 0 Å². The third-order valence-corrected chi connectivity index (χ3v) is 4.92. The second kappa shape index (κ2) is 5.97. The van der Waals surface area contributed by atoms with E-state index in [-0.39, 0.29) is 11.8 Å². The van der Waals surface area contributed by atoms with Crippen LogP contribution in [-0.2, 0) is 21.4 Å². The number of nitrogens with zero attached hydrogens (tertiary/aromatic N) is 2. The minimum Gasteiger partial charge on any atom is -0.467 e. The second-order valence-electron chi connectivity index (χ2n) is 5.21. The molecule has 1 fully saturated rings. The first-order valence-electron chi connectivity index (χ1n) is 6.60. The fourth-order valence-corrected chi connectivity index (χ4v) is 3.33. The number of carbonyl (C=O) groups excluding carboxylic acids is 1. The summed E-state index contributed by atoms with van der Waals surface area (Å²) in [6.45, 7) is 1.28. The molecule has 7 heteroatoms. The van der Waals surface area contributed by atoms with Gasteiger partial charge in [-0.05, 0) is 25.0 Å². The number of furan rings is 1. The van der Waals surface area contributed by atoms with Gasteiger partial charge >= 0.3 is 0 Å². The van der Waals surface area contributed by atoms with Gasteiger partial charge in [-0.3, -0.25) is 4.79 Å². The Balaban J connectivity index is 1.88. The molecule has 0 aromatic carbocycles. The number of sulfonamides is 1. The number of piperidine rings is 1. The monoisotopic (exact) mass is 300 g/mol. The zero-order valence-corrected chi connectivity index (χ0v) is 12.6. The molecule has 6 nitrogen and oxygen atoms in total. The lowest BCUT2D eigenvalue weighted by atomic mass is 9.96. The van der Waals surface area contributed by atoms with Gasteiger partial charge in [0, 0.05) is 26.1 Å². The minimum absolute atomic E-state index is 0.0505. The van der Waals surface area contributed by atoms with E-state index < -0.39 is 10.0 Å². The van der Waals surface area contributed by atoms with Crippen LogP contribution in [0.4, 0.5) is 0 Å². The summed E-state index contributed by atoms with van der Waals surface area (Å²) in [5, 5.41) is 0. The predicted octanol–water partition coefficient (Wildman–Crippen LogP) is 0.910. The average molecular weight is 300 g/mol. The molecule has 1 aromatic heterocycles. The molecule has 112 valence electrons. The van der Waals surface area contributed by atoms with Crippen molar-refractivity contribution in [2.45, 2.75) is 19.4 Å². The normalized spacial score (nSPS) is 18.1. The van der Waals surface area contributed by atoms with Crippen molar-refractivity contribution in [3.63, 3.8) is 0 Å². The SMILES string of the molecule is CN(Cc1ccco1)C(=O)C1CCN(S(C)(=O)=O)CC1. The molecule has 1 saturated heterocycles. The molecule has 1 aliphatic rings. The van der Waals surface area contributed by atoms with Crippen LogP contribution in [0.1, 0.15) is 18.6 Å². The quantitative estimate of drug-likeness (QED) is 0.828. The van der Waals surface area contributed by atoms with E-state index in [1.807, 2.05) is 6.07 Å². The van der Waals surface area contributed by atoms with Gasteiger partial charge in [0.15, 0.2) is 0 Å². The number of rotatable bonds is 4. The molecule has 1 aromatic rings. The molecule has 0 unspecified atom stereocenters. The van der Waals surface area contributed by atoms with Crippen LogP contribution >= 0.6 is 0 Å². The number of hydrogen-bond acceptors (Lipinski definition) is 4. The van der Waals surface area contributed by atoms with E-state index in [9.17, 15) is 13.2 Å². The molecule has 1 aliphatic heterocycles. The van der Waals surface area contributed by atoms with Gasteiger partial charge in [0.2, 0.25) is 15.9 Å². The second-order valence-corrected chi connectivity index (χ2v) is 7.19. The highest BCUT2D eigenvalue weighted by Crippen LogP contribution is 2.21. The van der Waals surface area contributed by atoms with Crippen LogP contribution in [0.25, 0.3) is 0 Å². The highest BCUT2D eigenvalue weighted by atomic mass is 32.2. The van der Waals surface area contributed by atoms with Crippen molar-refractivity contribution >= 4 is 15.9 Å². The van der Waals surface area contributed by atoms with Crippen molar-refractivity contribution in [3.05, 3.63) is 24.2 Å². The Morgan fingerprint density at radius 2 is 2.10 bits per heavy atom. The first-order chi connectivity index (χ1) is 9.38. The Bertz CT molecular complexity index is 545. The van der Waals surface area contributed by atoms with Crippen molar-refractivity contribution in [2.24, 2.45) is 5.92 Å². The largest absolute Gasteiger partial charge is 0.467 e. The Morgan fingerprint density at radius 1 is 1.45 bits per heavy atom. The molecule has 0 aliphatic carbocycles. The Morgan fingerprint density at radius 3 is 2.60 bits per heavy atom. The first kappa shape index (κ1) is 15.1. The van der Waals surface area contributed by atoms with Gasteiger partial charge in [0.1, 0.15) is 5.76 Å². The van der Waals surface area contributed by atoms with Crippen molar-refractivity contribution in [2.75, 3.05) is 26.4 Å². The fraction of sp³-hybridized carbons (Fsp3) is 0.615. The summed E-state index contributed by atoms with van der Waals surface area (Å²) >= 11 is 0. The lowest BCUT2D eigenvalue weighted by molar-refractivity contribution is -0.136. The maximum Gasteiger partial charge on any atom is 0.225 e. The summed E-state index contributed by atoms with van der Waals surface area (Å²) in [5.74, 6) is 0.692. The van der Waals surface area contributed by atoms with E-state index in [4.69, 9.17) is 4.42 Å². The van der Waals surface area contributed by atoms with Crippen molar-refractivity contribution < 1.29 is 17.6 Å². The third-order valence-electron chi connectivity index (χ3n) is 3.62. The minimum atomic E-state index is -3.14. The third kappa shape index (κ3) is 3.61. The number of carbonyl (C=O) groups is 1. The molecule has 2 rings (SSSR count). The van der Waals surface area contributed by atoms with Gasteiger partial charge in [0.05, 0.1) is 19.1 Å². The molecule has 1 amide bonds. The van der Waals surface area contributed by atoms with Crippen LogP contribution in [0.5, 0.6) is 0 Å². The highest BCUT2D eigenvalue weighted by Gasteiger charge is 2.30. The maximum atomic E-state index is 12.3. The summed E-state index contributed by atoms with van der Waals surface area (Å²) in [4.78, 5) is 13.9. The summed E-state index contributed by atoms with van der Waals surface area (Å²) in [6.07, 6.45) is 3.94. The molecule has 0 bridgehead atoms. The molecular formula is C13H20N2O4S. The van der Waals surface area contributed by atoms with Gasteiger partial charge in [0.25, 0.3) is 0 Å². The van der Waals surface area contributed by atoms with E-state index in [2.05, 4.69) is 0 Å². The summed E-state index contributed by atoms with van der Waals surface area (Å²) in [6, 6.07) is 3.62. The number of hydrogen-bond donors (Lipinski definition) is 0. The van der Waals surface area contributed by atoms with E-state index in [0.717, 1.165) is 5.76 Å². The zero-order valence-electron chi connectivity index (χ0n) is 11.8. The van der Waals surface area contributed by atoms with Crippen molar-refractivity contribution in [1.82, 2.24) is 9.21 Å². The molecule has 0 atom stereocenters. The predicted molar refractivity (Wildman–Crippen MR) is 74.3 cm³/mol. The molecular weight excluding hydrogens is 280 g/mol. The summed E-state index contributed by atoms with van der Waals surface area (Å²) in [7, 11) is -1.40. The van der Waals surface area contributed by atoms with E-state index >= 15 is 0 Å². The van der Waals surface area contributed by atoms with Crippen LogP contribution in [-0.4, -0.2) is 49.9 Å². The standard InChI is InChI=1S/C13H20N2O4S/c1-14(10-12-4-3-9-19-12)13(16)11-5-7-15(8-6-11)20(2,17)18/h3-4,9,11H,5-8,10H2,1-2H3. The topological polar surface area (TPSA) is 70.8 Å². The lowest BCUT2D eigenvalue weighted by Crippen LogP contribution is -2.42. The number of amides is 1. The van der Waals surface area contributed by atoms with Crippen molar-refractivity contribution in [1.29, 1.82) is 0 Å². The van der Waals surface area contributed by atoms with Crippen LogP contribution in [0, 0.1) is 5.92 Å². The van der Waals surface area contributed by atoms with Gasteiger partial charge in [-0.2, -0.15) is 0 Å². The Hall–Kier alpha value is -1.34. The molecule has 20 heavy (non-hydrogen) atoms. The Labute approximate surface area is 119 Å². The lowest BCUT2D eigenvalue weighted by Gasteiger charge is -2.31. The smallest absolute Gasteiger partial charge is 0.225 e. The van der Waals surface area contributed by atoms with Crippen LogP contribution in [0.3, 0.4) is 0 Å². The first-order valence-corrected chi connectivity index (χ1v) is 8.45. The van der Waals surface area contributed by atoms with Gasteiger partial charge in [-0.25, -0.2) is 12.7 Å². The summed E-state index contributed by atoms with van der Waals surface area (Å²) < 4.78 is 29.5. The average Bonchev–Trinajstić information content (AvgIpc) is 2.90. The van der Waals surface area contributed by atoms with E-state index in [1.165, 1.54) is 10.6 Å². The molecule has 0 N–H and O–H groups in total. The van der Waals surface area contributed by atoms with Crippen LogP contribution in [0.2, 0.25) is 0 Å². The Kier molecular flexibility index (Phi) is 4.49. The molecule has 0 spiro atoms. The fourth-order valence-electron chi connectivity index (χ4n) is 2.46. The molecule has 0 saturated carbocycles. The van der Waals surface area contributed by atoms with E-state index in [0.29, 0.717) is 32.5 Å². The molecule has 0 radical (unpaired) electrons. The van der Waals surface area contributed by atoms with E-state index in [1.54, 1.807) is 24.3 Å². The van der Waals surface area contributed by atoms with Gasteiger partial charge in [-0.15, -0.1) is 0 Å². The highest BCUT2D eigenvalue weighted by molar-refractivity contribution is 7.88. The van der Waals surface area contributed by atoms with Crippen LogP contribution in [0.15, 0.2) is 22.8 Å². The summed E-state index contributed by atoms with van der Waals surface area (Å²) in [5.41, 5.74) is 0.